The van der Waals surface area contributed by atoms with Gasteiger partial charge >= 0.3 is 0 Å². The topological polar surface area (TPSA) is 162 Å². The number of amides is 2. The van der Waals surface area contributed by atoms with Crippen molar-refractivity contribution in [3.8, 4) is 5.75 Å². The van der Waals surface area contributed by atoms with Gasteiger partial charge in [-0.1, -0.05) is 25.1 Å². The summed E-state index contributed by atoms with van der Waals surface area (Å²) in [6, 6.07) is 7.76. The van der Waals surface area contributed by atoms with Crippen LogP contribution in [0.5, 0.6) is 5.75 Å². The minimum atomic E-state index is -4.06. The Morgan fingerprint density at radius 2 is 1.72 bits per heavy atom. The highest BCUT2D eigenvalue weighted by atomic mass is 32.2. The molecule has 1 unspecified atom stereocenters. The monoisotopic (exact) mass is 614 g/mol. The molecule has 2 aromatic rings. The molecular weight excluding hydrogens is 568 g/mol. The lowest BCUT2D eigenvalue weighted by Gasteiger charge is -2.23. The molecule has 0 spiro atoms. The average molecular weight is 615 g/mol. The summed E-state index contributed by atoms with van der Waals surface area (Å²) < 4.78 is 35.3. The lowest BCUT2D eigenvalue weighted by atomic mass is 9.94. The van der Waals surface area contributed by atoms with Gasteiger partial charge in [-0.2, -0.15) is 0 Å². The van der Waals surface area contributed by atoms with Crippen LogP contribution in [0.4, 0.5) is 0 Å². The number of fused-ring (bicyclic) bond motifs is 1. The Bertz CT molecular complexity index is 1440. The first-order chi connectivity index (χ1) is 20.2. The van der Waals surface area contributed by atoms with Crippen molar-refractivity contribution in [2.45, 2.75) is 89.8 Å². The maximum absolute atomic E-state index is 13.4. The van der Waals surface area contributed by atoms with Crippen LogP contribution in [0, 0.1) is 26.2 Å². The Morgan fingerprint density at radius 3 is 2.35 bits per heavy atom. The Morgan fingerprint density at radius 1 is 1.05 bits per heavy atom. The van der Waals surface area contributed by atoms with Gasteiger partial charge in [0, 0.05) is 36.7 Å². The smallest absolute Gasteiger partial charge is 0.264 e. The van der Waals surface area contributed by atoms with Crippen LogP contribution in [0.25, 0.3) is 0 Å². The Hall–Kier alpha value is -3.64. The zero-order valence-corrected chi connectivity index (χ0v) is 27.1. The fourth-order valence-corrected chi connectivity index (χ4v) is 6.86. The van der Waals surface area contributed by atoms with Crippen molar-refractivity contribution in [3.05, 3.63) is 58.1 Å². The number of hydrogen-bond acceptors (Lipinski definition) is 7. The molecule has 2 amide bonds. The fraction of sp³-hybridized carbons (Fsp3) is 0.516. The van der Waals surface area contributed by atoms with Crippen molar-refractivity contribution in [1.82, 2.24) is 26.0 Å². The first-order valence-electron chi connectivity index (χ1n) is 14.7. The number of guanidine groups is 1. The number of nitrogens with one attached hydrogen (secondary N) is 6. The number of benzene rings is 2. The molecule has 1 aliphatic rings. The van der Waals surface area contributed by atoms with Gasteiger partial charge in [0.1, 0.15) is 17.4 Å². The second-order valence-corrected chi connectivity index (χ2v) is 13.3. The van der Waals surface area contributed by atoms with Gasteiger partial charge in [0.25, 0.3) is 15.9 Å². The normalized spacial score (nSPS) is 15.0. The third-order valence-electron chi connectivity index (χ3n) is 7.72. The van der Waals surface area contributed by atoms with E-state index in [9.17, 15) is 18.0 Å². The molecule has 1 heterocycles. The summed E-state index contributed by atoms with van der Waals surface area (Å²) in [7, 11) is -2.25. The molecule has 0 bridgehead atoms. The summed E-state index contributed by atoms with van der Waals surface area (Å²) in [6.07, 6.45) is 1.99. The quantitative estimate of drug-likeness (QED) is 0.115. The van der Waals surface area contributed by atoms with E-state index in [1.54, 1.807) is 38.1 Å². The van der Waals surface area contributed by atoms with Crippen molar-refractivity contribution < 1.29 is 22.7 Å². The molecule has 2 atom stereocenters. The molecule has 11 nitrogen and oxygen atoms in total. The molecule has 43 heavy (non-hydrogen) atoms. The van der Waals surface area contributed by atoms with Crippen molar-refractivity contribution in [1.29, 1.82) is 5.41 Å². The zero-order chi connectivity index (χ0) is 31.9. The van der Waals surface area contributed by atoms with Gasteiger partial charge in [-0.25, -0.2) is 13.1 Å². The first kappa shape index (κ1) is 33.9. The first-order valence-corrected chi connectivity index (χ1v) is 16.2. The van der Waals surface area contributed by atoms with E-state index in [2.05, 4.69) is 26.0 Å². The van der Waals surface area contributed by atoms with Gasteiger partial charge < -0.3 is 26.0 Å². The number of carbonyl (C=O) groups excluding carboxylic acids is 2. The Labute approximate surface area is 255 Å². The summed E-state index contributed by atoms with van der Waals surface area (Å²) >= 11 is 0. The van der Waals surface area contributed by atoms with Gasteiger partial charge in [-0.3, -0.25) is 15.0 Å². The molecule has 0 saturated carbocycles. The number of ether oxygens (including phenoxy) is 1. The van der Waals surface area contributed by atoms with Crippen LogP contribution in [0.3, 0.4) is 0 Å². The van der Waals surface area contributed by atoms with Crippen LogP contribution >= 0.6 is 0 Å². The van der Waals surface area contributed by atoms with Gasteiger partial charge in [0.15, 0.2) is 0 Å². The van der Waals surface area contributed by atoms with Crippen molar-refractivity contribution in [3.63, 3.8) is 0 Å². The third-order valence-corrected chi connectivity index (χ3v) is 9.34. The minimum Gasteiger partial charge on any atom is -0.487 e. The van der Waals surface area contributed by atoms with Crippen LogP contribution in [-0.2, 0) is 21.2 Å². The van der Waals surface area contributed by atoms with Crippen molar-refractivity contribution in [2.75, 3.05) is 20.1 Å². The van der Waals surface area contributed by atoms with Gasteiger partial charge in [0.2, 0.25) is 11.9 Å². The van der Waals surface area contributed by atoms with Crippen LogP contribution < -0.4 is 30.7 Å². The largest absolute Gasteiger partial charge is 0.487 e. The number of rotatable bonds is 13. The van der Waals surface area contributed by atoms with E-state index >= 15 is 0 Å². The van der Waals surface area contributed by atoms with Gasteiger partial charge in [-0.05, 0) is 89.8 Å². The van der Waals surface area contributed by atoms with E-state index in [1.165, 1.54) is 0 Å². The summed E-state index contributed by atoms with van der Waals surface area (Å²) in [5.41, 5.74) is 2.87. The highest BCUT2D eigenvalue weighted by molar-refractivity contribution is 7.90. The Balaban J connectivity index is 1.64. The summed E-state index contributed by atoms with van der Waals surface area (Å²) in [5.74, 6) is -0.295. The number of likely N-dealkylation sites (N-methyl/N-ethyl adjacent to an activating group) is 1. The van der Waals surface area contributed by atoms with Crippen molar-refractivity contribution in [2.24, 2.45) is 0 Å². The molecule has 0 fully saturated rings. The molecule has 236 valence electrons. The summed E-state index contributed by atoms with van der Waals surface area (Å²) in [6.45, 7) is 12.1. The van der Waals surface area contributed by atoms with Crippen LogP contribution in [0.15, 0.2) is 35.2 Å². The molecule has 1 aliphatic heterocycles. The molecule has 0 aromatic heterocycles. The van der Waals surface area contributed by atoms with E-state index in [0.29, 0.717) is 36.1 Å². The molecule has 6 N–H and O–H groups in total. The van der Waals surface area contributed by atoms with E-state index in [0.717, 1.165) is 23.3 Å². The second kappa shape index (κ2) is 14.2. The molecular formula is C31H46N6O5S. The van der Waals surface area contributed by atoms with E-state index in [1.807, 2.05) is 40.8 Å². The lowest BCUT2D eigenvalue weighted by Crippen LogP contribution is -2.51. The fourth-order valence-electron chi connectivity index (χ4n) is 5.33. The maximum Gasteiger partial charge on any atom is 0.264 e. The Kier molecular flexibility index (Phi) is 11.2. The van der Waals surface area contributed by atoms with E-state index < -0.39 is 21.7 Å². The average Bonchev–Trinajstić information content (AvgIpc) is 3.28. The molecule has 2 aromatic carbocycles. The summed E-state index contributed by atoms with van der Waals surface area (Å²) in [5, 5.41) is 19.9. The van der Waals surface area contributed by atoms with Crippen molar-refractivity contribution >= 4 is 27.8 Å². The molecule has 0 aliphatic carbocycles. The SMILES string of the molecule is CCC(CNC)NC(=O)[C@@H](CCCNC(=N)NS(=O)(=O)c1c(C)c(C)c2c(c1C)CC(C)(C)O2)NC(=O)c1ccccc1. The molecule has 0 radical (unpaired) electrons. The predicted octanol–water partition coefficient (Wildman–Crippen LogP) is 2.82. The second-order valence-electron chi connectivity index (χ2n) is 11.7. The number of sulfonamides is 1. The van der Waals surface area contributed by atoms with E-state index in [4.69, 9.17) is 10.1 Å². The van der Waals surface area contributed by atoms with E-state index in [-0.39, 0.29) is 41.7 Å². The molecule has 3 rings (SSSR count). The van der Waals surface area contributed by atoms with Gasteiger partial charge in [-0.15, -0.1) is 0 Å². The van der Waals surface area contributed by atoms with Crippen LogP contribution in [-0.4, -0.2) is 64.0 Å². The van der Waals surface area contributed by atoms with Gasteiger partial charge in [0.05, 0.1) is 4.90 Å². The highest BCUT2D eigenvalue weighted by Crippen LogP contribution is 2.43. The highest BCUT2D eigenvalue weighted by Gasteiger charge is 2.36. The third kappa shape index (κ3) is 8.47. The van der Waals surface area contributed by atoms with Crippen LogP contribution in [0.1, 0.15) is 72.6 Å². The number of carbonyl (C=O) groups is 2. The van der Waals surface area contributed by atoms with Crippen LogP contribution in [0.2, 0.25) is 0 Å². The lowest BCUT2D eigenvalue weighted by molar-refractivity contribution is -0.123. The molecule has 0 saturated heterocycles. The number of hydrogen-bond donors (Lipinski definition) is 6. The minimum absolute atomic E-state index is 0.0956. The maximum atomic E-state index is 13.4. The standard InChI is InChI=1S/C31H46N6O5S/c1-8-23(18-33-7)35-29(39)25(36-28(38)22-13-10-9-11-14-22)15-12-16-34-30(32)37-43(40,41)27-20(3)19(2)26-24(21(27)4)17-31(5,6)42-26/h9-11,13-14,23,25,33H,8,12,15-18H2,1-7H3,(H,35,39)(H,36,38)(H3,32,34,37)/t23?,25-/m1/s1. The summed E-state index contributed by atoms with van der Waals surface area (Å²) in [4.78, 5) is 26.1. The molecule has 12 heteroatoms. The predicted molar refractivity (Wildman–Crippen MR) is 168 cm³/mol. The zero-order valence-electron chi connectivity index (χ0n) is 26.2.